The number of alkyl halides is 2. The molecule has 1 aliphatic rings. The molecule has 12 heteroatoms. The summed E-state index contributed by atoms with van der Waals surface area (Å²) in [6, 6.07) is 11.2. The van der Waals surface area contributed by atoms with Crippen molar-refractivity contribution in [3.8, 4) is 5.75 Å². The number of likely N-dealkylation sites (tertiary alicyclic amines) is 1. The van der Waals surface area contributed by atoms with Gasteiger partial charge in [-0.05, 0) is 81.2 Å². The van der Waals surface area contributed by atoms with Crippen LogP contribution in [-0.4, -0.2) is 57.8 Å². The highest BCUT2D eigenvalue weighted by Gasteiger charge is 2.36. The lowest BCUT2D eigenvalue weighted by atomic mass is 9.78. The Morgan fingerprint density at radius 2 is 1.86 bits per heavy atom. The van der Waals surface area contributed by atoms with Crippen LogP contribution < -0.4 is 14.8 Å². The van der Waals surface area contributed by atoms with E-state index in [2.05, 4.69) is 19.7 Å². The minimum Gasteiger partial charge on any atom is -0.435 e. The second-order valence-corrected chi connectivity index (χ2v) is 12.0. The van der Waals surface area contributed by atoms with Crippen LogP contribution in [0.5, 0.6) is 5.75 Å². The summed E-state index contributed by atoms with van der Waals surface area (Å²) in [5.41, 5.74) is 0.346. The quantitative estimate of drug-likeness (QED) is 0.408. The maximum Gasteiger partial charge on any atom is 0.387 e. The van der Waals surface area contributed by atoms with Gasteiger partial charge in [-0.15, -0.1) is 0 Å². The van der Waals surface area contributed by atoms with Gasteiger partial charge in [0, 0.05) is 12.6 Å². The fraction of sp³-hybridized carbons (Fsp3) is 0.480. The minimum atomic E-state index is -3.26. The number of carbonyl (C=O) groups is 1. The van der Waals surface area contributed by atoms with Gasteiger partial charge in [-0.2, -0.15) is 8.78 Å². The summed E-state index contributed by atoms with van der Waals surface area (Å²) < 4.78 is 55.3. The van der Waals surface area contributed by atoms with Crippen molar-refractivity contribution in [1.82, 2.24) is 14.9 Å². The Morgan fingerprint density at radius 1 is 1.16 bits per heavy atom. The number of piperidine rings is 1. The zero-order valence-electron chi connectivity index (χ0n) is 20.6. The largest absolute Gasteiger partial charge is 0.435 e. The number of sulfonamides is 1. The molecule has 3 rings (SSSR count). The Bertz CT molecular complexity index is 1190. The molecule has 1 aliphatic heterocycles. The van der Waals surface area contributed by atoms with E-state index >= 15 is 0 Å². The zero-order chi connectivity index (χ0) is 27.2. The predicted octanol–water partition coefficient (Wildman–Crippen LogP) is 4.57. The van der Waals surface area contributed by atoms with Gasteiger partial charge < -0.3 is 15.0 Å². The highest BCUT2D eigenvalue weighted by atomic mass is 35.5. The molecule has 0 bridgehead atoms. The Kier molecular flexibility index (Phi) is 10.2. The first-order valence-electron chi connectivity index (χ1n) is 11.8. The van der Waals surface area contributed by atoms with Crippen molar-refractivity contribution in [2.24, 2.45) is 0 Å². The van der Waals surface area contributed by atoms with Crippen LogP contribution in [0.25, 0.3) is 0 Å². The number of halogens is 4. The van der Waals surface area contributed by atoms with Crippen LogP contribution in [0.2, 0.25) is 10.0 Å². The molecule has 37 heavy (non-hydrogen) atoms. The summed E-state index contributed by atoms with van der Waals surface area (Å²) >= 11 is 12.4. The average molecular weight is 579 g/mol. The van der Waals surface area contributed by atoms with Crippen LogP contribution in [0.3, 0.4) is 0 Å². The van der Waals surface area contributed by atoms with Crippen molar-refractivity contribution in [3.05, 3.63) is 63.6 Å². The lowest BCUT2D eigenvalue weighted by Gasteiger charge is -2.35. The summed E-state index contributed by atoms with van der Waals surface area (Å²) in [7, 11) is -3.26. The van der Waals surface area contributed by atoms with Crippen LogP contribution in [0.1, 0.15) is 37.3 Å². The van der Waals surface area contributed by atoms with Crippen molar-refractivity contribution in [2.45, 2.75) is 50.8 Å². The van der Waals surface area contributed by atoms with E-state index in [1.165, 1.54) is 12.1 Å². The number of amides is 1. The number of carbonyl (C=O) groups excluding carboxylic acids is 1. The average Bonchev–Trinajstić information content (AvgIpc) is 2.82. The second-order valence-electron chi connectivity index (χ2n) is 9.43. The third-order valence-corrected chi connectivity index (χ3v) is 8.03. The van der Waals surface area contributed by atoms with Crippen molar-refractivity contribution in [2.75, 3.05) is 25.9 Å². The molecule has 1 fully saturated rings. The van der Waals surface area contributed by atoms with Gasteiger partial charge in [-0.3, -0.25) is 4.79 Å². The number of rotatable bonds is 11. The number of hydrogen-bond acceptors (Lipinski definition) is 5. The van der Waals surface area contributed by atoms with E-state index < -0.39 is 22.0 Å². The van der Waals surface area contributed by atoms with E-state index in [0.717, 1.165) is 6.26 Å². The van der Waals surface area contributed by atoms with Crippen molar-refractivity contribution < 1.29 is 26.7 Å². The van der Waals surface area contributed by atoms with Crippen molar-refractivity contribution in [3.63, 3.8) is 0 Å². The highest BCUT2D eigenvalue weighted by molar-refractivity contribution is 7.88. The number of ether oxygens (including phenoxy) is 1. The van der Waals surface area contributed by atoms with Crippen molar-refractivity contribution >= 4 is 39.1 Å². The molecule has 204 valence electrons. The number of hydrogen-bond donors (Lipinski definition) is 2. The fourth-order valence-electron chi connectivity index (χ4n) is 4.40. The summed E-state index contributed by atoms with van der Waals surface area (Å²) in [5, 5.41) is 3.63. The molecule has 2 aromatic rings. The van der Waals surface area contributed by atoms with Crippen LogP contribution in [-0.2, 0) is 26.8 Å². The molecular formula is C25H31Cl2F2N3O4S. The molecule has 0 aromatic heterocycles. The molecule has 1 atom stereocenters. The standard InChI is InChI=1S/C25H31Cl2F2N3O4S/c1-25(18-6-7-21(26)22(27)15-18,10-13-32-11-8-19(9-12-32)31-37(2,34)35)23(33)30-16-17-4-3-5-20(14-17)36-24(28)29/h3-7,14-15,19,24,31H,8-13,16H2,1-2H3,(H,30,33). The zero-order valence-corrected chi connectivity index (χ0v) is 23.0. The third kappa shape index (κ3) is 8.78. The predicted molar refractivity (Wildman–Crippen MR) is 141 cm³/mol. The molecular weight excluding hydrogens is 547 g/mol. The Balaban J connectivity index is 1.70. The van der Waals surface area contributed by atoms with Crippen LogP contribution in [0.15, 0.2) is 42.5 Å². The monoisotopic (exact) mass is 577 g/mol. The summed E-state index contributed by atoms with van der Waals surface area (Å²) in [6.07, 6.45) is 2.98. The molecule has 1 saturated heterocycles. The van der Waals surface area contributed by atoms with E-state index in [1.807, 2.05) is 6.92 Å². The Labute approximate surface area is 226 Å². The van der Waals surface area contributed by atoms with Gasteiger partial charge >= 0.3 is 6.61 Å². The molecule has 0 radical (unpaired) electrons. The van der Waals surface area contributed by atoms with E-state index in [-0.39, 0.29) is 24.2 Å². The number of benzene rings is 2. The van der Waals surface area contributed by atoms with Crippen molar-refractivity contribution in [1.29, 1.82) is 0 Å². The maximum atomic E-state index is 13.5. The SMILES string of the molecule is CC(CCN1CCC(NS(C)(=O)=O)CC1)(C(=O)NCc1cccc(OC(F)F)c1)c1ccc(Cl)c(Cl)c1. The first-order valence-corrected chi connectivity index (χ1v) is 14.5. The van der Waals surface area contributed by atoms with E-state index in [0.29, 0.717) is 60.1 Å². The Morgan fingerprint density at radius 3 is 2.49 bits per heavy atom. The summed E-state index contributed by atoms with van der Waals surface area (Å²) in [6.45, 7) is 1.02. The van der Waals surface area contributed by atoms with Crippen LogP contribution in [0.4, 0.5) is 8.78 Å². The van der Waals surface area contributed by atoms with Gasteiger partial charge in [0.1, 0.15) is 5.75 Å². The lowest BCUT2D eigenvalue weighted by molar-refractivity contribution is -0.126. The second kappa shape index (κ2) is 12.7. The minimum absolute atomic E-state index is 0.0164. The first kappa shape index (κ1) is 29.6. The van der Waals surface area contributed by atoms with E-state index in [1.54, 1.807) is 30.3 Å². The van der Waals surface area contributed by atoms with Gasteiger partial charge in [-0.25, -0.2) is 13.1 Å². The molecule has 7 nitrogen and oxygen atoms in total. The smallest absolute Gasteiger partial charge is 0.387 e. The van der Waals surface area contributed by atoms with Gasteiger partial charge in [0.15, 0.2) is 0 Å². The first-order chi connectivity index (χ1) is 17.4. The molecule has 0 saturated carbocycles. The van der Waals surface area contributed by atoms with E-state index in [4.69, 9.17) is 23.2 Å². The van der Waals surface area contributed by atoms with Crippen LogP contribution in [0, 0.1) is 0 Å². The van der Waals surface area contributed by atoms with Gasteiger partial charge in [0.2, 0.25) is 15.9 Å². The van der Waals surface area contributed by atoms with Gasteiger partial charge in [0.25, 0.3) is 0 Å². The number of nitrogens with one attached hydrogen (secondary N) is 2. The maximum absolute atomic E-state index is 13.5. The van der Waals surface area contributed by atoms with Crippen LogP contribution >= 0.6 is 23.2 Å². The summed E-state index contributed by atoms with van der Waals surface area (Å²) in [4.78, 5) is 15.7. The Hall–Kier alpha value is -1.98. The van der Waals surface area contributed by atoms with Gasteiger partial charge in [-0.1, -0.05) is 41.4 Å². The molecule has 2 aromatic carbocycles. The van der Waals surface area contributed by atoms with Gasteiger partial charge in [0.05, 0.1) is 21.7 Å². The molecule has 1 amide bonds. The molecule has 0 spiro atoms. The fourth-order valence-corrected chi connectivity index (χ4v) is 5.54. The summed E-state index contributed by atoms with van der Waals surface area (Å²) in [5.74, 6) is -0.234. The van der Waals surface area contributed by atoms with E-state index in [9.17, 15) is 22.0 Å². The normalized spacial score (nSPS) is 16.9. The molecule has 1 heterocycles. The topological polar surface area (TPSA) is 87.7 Å². The molecule has 2 N–H and O–H groups in total. The lowest BCUT2D eigenvalue weighted by Crippen LogP contribution is -2.47. The highest BCUT2D eigenvalue weighted by Crippen LogP contribution is 2.33. The molecule has 1 unspecified atom stereocenters. The number of nitrogens with zero attached hydrogens (tertiary/aromatic N) is 1. The molecule has 0 aliphatic carbocycles. The third-order valence-electron chi connectivity index (χ3n) is 6.53.